The van der Waals surface area contributed by atoms with Crippen LogP contribution in [0.15, 0.2) is 36.4 Å². The van der Waals surface area contributed by atoms with E-state index in [9.17, 15) is 30.3 Å². The maximum absolute atomic E-state index is 12.9. The Morgan fingerprint density at radius 3 is 2.29 bits per heavy atom. The summed E-state index contributed by atoms with van der Waals surface area (Å²) in [6.07, 6.45) is -8.37. The van der Waals surface area contributed by atoms with Crippen molar-refractivity contribution in [3.8, 4) is 23.0 Å². The number of phenolic OH excluding ortho intramolecular Hbond substituents is 1. The van der Waals surface area contributed by atoms with Crippen LogP contribution in [0.2, 0.25) is 0 Å². The summed E-state index contributed by atoms with van der Waals surface area (Å²) in [5.74, 6) is -0.585. The van der Waals surface area contributed by atoms with Crippen molar-refractivity contribution < 1.29 is 58.7 Å². The molecule has 3 fully saturated rings. The molecule has 3 aliphatic rings. The molecule has 12 heteroatoms. The van der Waals surface area contributed by atoms with Crippen molar-refractivity contribution in [3.05, 3.63) is 47.5 Å². The molecule has 2 aromatic rings. The van der Waals surface area contributed by atoms with E-state index < -0.39 is 61.4 Å². The van der Waals surface area contributed by atoms with Crippen LogP contribution in [-0.2, 0) is 19.0 Å². The van der Waals surface area contributed by atoms with Gasteiger partial charge in [-0.3, -0.25) is 4.79 Å². The average molecular weight is 535 g/mol. The Bertz CT molecular complexity index is 1170. The smallest absolute Gasteiger partial charge is 0.313 e. The first kappa shape index (κ1) is 26.5. The third-order valence-corrected chi connectivity index (χ3v) is 7.30. The summed E-state index contributed by atoms with van der Waals surface area (Å²) < 4.78 is 33.5. The fourth-order valence-corrected chi connectivity index (χ4v) is 5.25. The van der Waals surface area contributed by atoms with Crippen LogP contribution in [0.1, 0.15) is 23.3 Å². The zero-order valence-electron chi connectivity index (χ0n) is 20.7. The molecule has 38 heavy (non-hydrogen) atoms. The summed E-state index contributed by atoms with van der Waals surface area (Å²) in [7, 11) is 2.85. The fourth-order valence-electron chi connectivity index (χ4n) is 5.25. The van der Waals surface area contributed by atoms with E-state index >= 15 is 0 Å². The number of phenols is 1. The highest BCUT2D eigenvalue weighted by atomic mass is 16.7. The van der Waals surface area contributed by atoms with Crippen molar-refractivity contribution in [2.24, 2.45) is 11.8 Å². The van der Waals surface area contributed by atoms with Gasteiger partial charge < -0.3 is 54.0 Å². The largest absolute Gasteiger partial charge is 0.504 e. The molecule has 0 spiro atoms. The molecule has 3 aliphatic heterocycles. The first-order chi connectivity index (χ1) is 18.3. The second-order valence-corrected chi connectivity index (χ2v) is 9.46. The number of aliphatic hydroxyl groups excluding tert-OH is 4. The van der Waals surface area contributed by atoms with Gasteiger partial charge in [0.1, 0.15) is 30.5 Å². The van der Waals surface area contributed by atoms with E-state index in [0.717, 1.165) is 0 Å². The summed E-state index contributed by atoms with van der Waals surface area (Å²) in [4.78, 5) is 12.9. The second-order valence-electron chi connectivity index (χ2n) is 9.46. The maximum atomic E-state index is 12.9. The summed E-state index contributed by atoms with van der Waals surface area (Å²) >= 11 is 0. The molecule has 3 heterocycles. The van der Waals surface area contributed by atoms with Crippen molar-refractivity contribution in [2.45, 2.75) is 42.9 Å². The van der Waals surface area contributed by atoms with Gasteiger partial charge in [0.2, 0.25) is 6.29 Å². The minimum absolute atomic E-state index is 0.0178. The number of esters is 1. The van der Waals surface area contributed by atoms with Gasteiger partial charge in [0.05, 0.1) is 39.5 Å². The Morgan fingerprint density at radius 1 is 0.895 bits per heavy atom. The quantitative estimate of drug-likeness (QED) is 0.306. The Kier molecular flexibility index (Phi) is 7.36. The normalized spacial score (nSPS) is 34.5. The van der Waals surface area contributed by atoms with Gasteiger partial charge in [-0.25, -0.2) is 0 Å². The van der Waals surface area contributed by atoms with E-state index in [-0.39, 0.29) is 35.5 Å². The maximum Gasteiger partial charge on any atom is 0.313 e. The predicted molar refractivity (Wildman–Crippen MR) is 127 cm³/mol. The average Bonchev–Trinajstić information content (AvgIpc) is 3.50. The van der Waals surface area contributed by atoms with Crippen molar-refractivity contribution in [1.29, 1.82) is 0 Å². The number of aromatic hydroxyl groups is 1. The highest BCUT2D eigenvalue weighted by Gasteiger charge is 2.54. The number of carbonyl (C=O) groups is 1. The molecular formula is C26H30O12. The van der Waals surface area contributed by atoms with E-state index in [1.54, 1.807) is 30.3 Å². The molecule has 0 radical (unpaired) electrons. The molecule has 0 amide bonds. The molecule has 0 aliphatic carbocycles. The zero-order valence-corrected chi connectivity index (χ0v) is 20.7. The molecule has 206 valence electrons. The molecule has 0 bridgehead atoms. The SMILES string of the molecule is COc1cc([C@@H]2OC(=O)[C@@H]3[C@H]2CO[C@H]3c2ccc(O[C@@H]3O[C@H](CO)[C@@H](O)[C@H](O)[C@H]3O)c(OC)c2)ccc1O. The van der Waals surface area contributed by atoms with E-state index in [4.69, 9.17) is 28.4 Å². The van der Waals surface area contributed by atoms with E-state index in [0.29, 0.717) is 11.1 Å². The van der Waals surface area contributed by atoms with Gasteiger partial charge in [0, 0.05) is 5.92 Å². The van der Waals surface area contributed by atoms with Gasteiger partial charge in [0.15, 0.2) is 23.0 Å². The number of hydrogen-bond donors (Lipinski definition) is 5. The lowest BCUT2D eigenvalue weighted by Gasteiger charge is -2.39. The van der Waals surface area contributed by atoms with Gasteiger partial charge in [-0.1, -0.05) is 12.1 Å². The van der Waals surface area contributed by atoms with Gasteiger partial charge >= 0.3 is 5.97 Å². The van der Waals surface area contributed by atoms with Crippen molar-refractivity contribution in [2.75, 3.05) is 27.4 Å². The third-order valence-electron chi connectivity index (χ3n) is 7.30. The lowest BCUT2D eigenvalue weighted by Crippen LogP contribution is -2.60. The van der Waals surface area contributed by atoms with Crippen LogP contribution in [0.25, 0.3) is 0 Å². The van der Waals surface area contributed by atoms with Crippen LogP contribution in [0, 0.1) is 11.8 Å². The first-order valence-electron chi connectivity index (χ1n) is 12.1. The molecule has 0 unspecified atom stereocenters. The molecule has 3 saturated heterocycles. The fraction of sp³-hybridized carbons (Fsp3) is 0.500. The number of cyclic esters (lactones) is 1. The third kappa shape index (κ3) is 4.53. The first-order valence-corrected chi connectivity index (χ1v) is 12.1. The Hall–Kier alpha value is -3.13. The number of rotatable bonds is 7. The second kappa shape index (κ2) is 10.6. The van der Waals surface area contributed by atoms with Crippen molar-refractivity contribution >= 4 is 5.97 Å². The van der Waals surface area contributed by atoms with Gasteiger partial charge in [-0.15, -0.1) is 0 Å². The number of ether oxygens (including phenoxy) is 6. The topological polar surface area (TPSA) is 174 Å². The minimum Gasteiger partial charge on any atom is -0.504 e. The van der Waals surface area contributed by atoms with E-state index in [1.165, 1.54) is 20.3 Å². The van der Waals surface area contributed by atoms with Crippen LogP contribution >= 0.6 is 0 Å². The summed E-state index contributed by atoms with van der Waals surface area (Å²) in [5, 5.41) is 49.6. The number of fused-ring (bicyclic) bond motifs is 1. The van der Waals surface area contributed by atoms with Gasteiger partial charge in [-0.2, -0.15) is 0 Å². The summed E-state index contributed by atoms with van der Waals surface area (Å²) in [6, 6.07) is 9.67. The van der Waals surface area contributed by atoms with Crippen LogP contribution in [-0.4, -0.2) is 89.6 Å². The molecular weight excluding hydrogens is 504 g/mol. The monoisotopic (exact) mass is 534 g/mol. The lowest BCUT2D eigenvalue weighted by molar-refractivity contribution is -0.277. The number of methoxy groups -OCH3 is 2. The van der Waals surface area contributed by atoms with Crippen LogP contribution < -0.4 is 14.2 Å². The molecule has 0 saturated carbocycles. The molecule has 9 atom stereocenters. The Morgan fingerprint density at radius 2 is 1.58 bits per heavy atom. The van der Waals surface area contributed by atoms with Crippen LogP contribution in [0.5, 0.6) is 23.0 Å². The zero-order chi connectivity index (χ0) is 27.1. The van der Waals surface area contributed by atoms with E-state index in [2.05, 4.69) is 0 Å². The number of benzene rings is 2. The molecule has 0 aromatic heterocycles. The van der Waals surface area contributed by atoms with Gasteiger partial charge in [0.25, 0.3) is 0 Å². The highest BCUT2D eigenvalue weighted by Crippen LogP contribution is 2.52. The summed E-state index contributed by atoms with van der Waals surface area (Å²) in [6.45, 7) is -0.323. The lowest BCUT2D eigenvalue weighted by atomic mass is 9.84. The van der Waals surface area contributed by atoms with E-state index in [1.807, 2.05) is 0 Å². The minimum atomic E-state index is -1.59. The summed E-state index contributed by atoms with van der Waals surface area (Å²) in [5.41, 5.74) is 1.32. The van der Waals surface area contributed by atoms with Crippen LogP contribution in [0.3, 0.4) is 0 Å². The van der Waals surface area contributed by atoms with Gasteiger partial charge in [-0.05, 0) is 35.4 Å². The van der Waals surface area contributed by atoms with Crippen molar-refractivity contribution in [1.82, 2.24) is 0 Å². The molecule has 12 nitrogen and oxygen atoms in total. The standard InChI is InChI=1S/C26H30O12/c1-33-16-7-11(3-5-14(16)28)23-13-10-35-24(19(13)25(32)38-23)12-4-6-15(17(8-12)34-2)36-26-22(31)21(30)20(29)18(9-27)37-26/h3-8,13,18-24,26-31H,9-10H2,1-2H3/t13-,18-,19-,20-,21+,22-,23+,24+,26-/m1/s1. The highest BCUT2D eigenvalue weighted by molar-refractivity contribution is 5.77. The molecule has 5 rings (SSSR count). The Labute approximate surface area is 217 Å². The Balaban J connectivity index is 1.35. The number of hydrogen-bond acceptors (Lipinski definition) is 12. The molecule has 5 N–H and O–H groups in total. The number of carbonyl (C=O) groups excluding carboxylic acids is 1. The van der Waals surface area contributed by atoms with Crippen LogP contribution in [0.4, 0.5) is 0 Å². The molecule has 2 aromatic carbocycles. The number of aliphatic hydroxyl groups is 4. The van der Waals surface area contributed by atoms with Crippen molar-refractivity contribution in [3.63, 3.8) is 0 Å². The predicted octanol–water partition coefficient (Wildman–Crippen LogP) is 0.190.